The van der Waals surface area contributed by atoms with E-state index in [0.29, 0.717) is 17.5 Å². The van der Waals surface area contributed by atoms with Crippen LogP contribution < -0.4 is 22.0 Å². The fourth-order valence-electron chi connectivity index (χ4n) is 2.76. The molecule has 0 saturated carbocycles. The Balaban J connectivity index is 0.00000243. The van der Waals surface area contributed by atoms with Crippen molar-refractivity contribution in [3.05, 3.63) is 95.1 Å². The third kappa shape index (κ3) is 6.68. The molecule has 5 heteroatoms. The number of hydrogen-bond donors (Lipinski definition) is 1. The van der Waals surface area contributed by atoms with Gasteiger partial charge in [0.2, 0.25) is 5.88 Å². The smallest absolute Gasteiger partial charge is 0.213 e. The number of halogens is 2. The van der Waals surface area contributed by atoms with E-state index in [1.807, 2.05) is 0 Å². The standard InChI is InChI=1S/C21H21ClN2O.ClH/c22-20-11-12-21(23-15-20)25-14-13-24(16-18-7-3-1-4-8-18)17-19-9-5-2-6-10-19;/h1-12,15H,13-14,16-17H2;1H. The molecule has 2 aromatic carbocycles. The van der Waals surface area contributed by atoms with E-state index in [-0.39, 0.29) is 12.4 Å². The van der Waals surface area contributed by atoms with Gasteiger partial charge in [0.05, 0.1) is 5.02 Å². The lowest BCUT2D eigenvalue weighted by Crippen LogP contribution is -3.10. The number of aromatic nitrogens is 1. The van der Waals surface area contributed by atoms with Crippen LogP contribution in [0, 0.1) is 0 Å². The monoisotopic (exact) mass is 388 g/mol. The summed E-state index contributed by atoms with van der Waals surface area (Å²) < 4.78 is 5.78. The number of quaternary nitrogens is 1. The number of hydrogen-bond acceptors (Lipinski definition) is 2. The molecule has 0 saturated heterocycles. The summed E-state index contributed by atoms with van der Waals surface area (Å²) in [6.07, 6.45) is 1.61. The van der Waals surface area contributed by atoms with Gasteiger partial charge < -0.3 is 22.0 Å². The summed E-state index contributed by atoms with van der Waals surface area (Å²) in [4.78, 5) is 5.63. The zero-order valence-corrected chi connectivity index (χ0v) is 16.0. The molecule has 0 amide bonds. The molecule has 0 spiro atoms. The van der Waals surface area contributed by atoms with Gasteiger partial charge in [0.1, 0.15) is 26.2 Å². The summed E-state index contributed by atoms with van der Waals surface area (Å²) in [6.45, 7) is 3.44. The molecule has 1 N–H and O–H groups in total. The van der Waals surface area contributed by atoms with E-state index >= 15 is 0 Å². The minimum atomic E-state index is 0. The molecule has 3 aromatic rings. The van der Waals surface area contributed by atoms with Crippen molar-refractivity contribution in [3.8, 4) is 5.88 Å². The Bertz CT molecular complexity index is 710. The topological polar surface area (TPSA) is 26.6 Å². The molecule has 0 aliphatic rings. The Kier molecular flexibility index (Phi) is 8.42. The maximum Gasteiger partial charge on any atom is 0.213 e. The van der Waals surface area contributed by atoms with Crippen molar-refractivity contribution < 1.29 is 22.0 Å². The van der Waals surface area contributed by atoms with Crippen LogP contribution in [0.15, 0.2) is 79.0 Å². The van der Waals surface area contributed by atoms with Gasteiger partial charge in [0.15, 0.2) is 0 Å². The number of benzene rings is 2. The minimum absolute atomic E-state index is 0. The zero-order chi connectivity index (χ0) is 17.3. The normalized spacial score (nSPS) is 10.4. The molecule has 0 aliphatic carbocycles. The molecule has 0 bridgehead atoms. The molecule has 3 nitrogen and oxygen atoms in total. The first-order valence-electron chi connectivity index (χ1n) is 8.45. The Morgan fingerprint density at radius 2 is 1.38 bits per heavy atom. The SMILES string of the molecule is Clc1ccc(OCC[NH+](Cc2ccccc2)Cc2ccccc2)nc1.[Cl-]. The summed E-state index contributed by atoms with van der Waals surface area (Å²) in [7, 11) is 0. The molecule has 0 unspecified atom stereocenters. The third-order valence-electron chi connectivity index (χ3n) is 4.00. The van der Waals surface area contributed by atoms with E-state index in [1.165, 1.54) is 16.0 Å². The van der Waals surface area contributed by atoms with E-state index in [0.717, 1.165) is 19.6 Å². The zero-order valence-electron chi connectivity index (χ0n) is 14.4. The minimum Gasteiger partial charge on any atom is -1.00 e. The maximum atomic E-state index is 5.85. The summed E-state index contributed by atoms with van der Waals surface area (Å²) in [5.41, 5.74) is 2.66. The quantitative estimate of drug-likeness (QED) is 0.604. The molecule has 136 valence electrons. The van der Waals surface area contributed by atoms with Crippen LogP contribution in [0.25, 0.3) is 0 Å². The average Bonchev–Trinajstić information content (AvgIpc) is 2.65. The first kappa shape index (κ1) is 20.2. The first-order valence-corrected chi connectivity index (χ1v) is 8.83. The second-order valence-corrected chi connectivity index (χ2v) is 6.42. The fourth-order valence-corrected chi connectivity index (χ4v) is 2.87. The van der Waals surface area contributed by atoms with Crippen molar-refractivity contribution in [2.24, 2.45) is 0 Å². The van der Waals surface area contributed by atoms with Crippen molar-refractivity contribution in [2.75, 3.05) is 13.2 Å². The van der Waals surface area contributed by atoms with Crippen molar-refractivity contribution in [3.63, 3.8) is 0 Å². The van der Waals surface area contributed by atoms with Gasteiger partial charge in [0, 0.05) is 23.4 Å². The van der Waals surface area contributed by atoms with E-state index in [9.17, 15) is 0 Å². The van der Waals surface area contributed by atoms with Gasteiger partial charge in [-0.2, -0.15) is 0 Å². The van der Waals surface area contributed by atoms with Crippen molar-refractivity contribution in [1.29, 1.82) is 0 Å². The number of ether oxygens (including phenoxy) is 1. The average molecular weight is 389 g/mol. The predicted octanol–water partition coefficient (Wildman–Crippen LogP) is 0.403. The Labute approximate surface area is 166 Å². The van der Waals surface area contributed by atoms with Gasteiger partial charge >= 0.3 is 0 Å². The molecule has 26 heavy (non-hydrogen) atoms. The summed E-state index contributed by atoms with van der Waals surface area (Å²) in [5, 5.41) is 0.618. The van der Waals surface area contributed by atoms with Gasteiger partial charge in [-0.15, -0.1) is 0 Å². The summed E-state index contributed by atoms with van der Waals surface area (Å²) >= 11 is 5.85. The molecular formula is C21H22Cl2N2O. The molecule has 1 aromatic heterocycles. The van der Waals surface area contributed by atoms with E-state index < -0.39 is 0 Å². The van der Waals surface area contributed by atoms with Crippen LogP contribution in [-0.2, 0) is 13.1 Å². The van der Waals surface area contributed by atoms with Crippen LogP contribution in [0.1, 0.15) is 11.1 Å². The highest BCUT2D eigenvalue weighted by molar-refractivity contribution is 6.30. The van der Waals surface area contributed by atoms with Gasteiger partial charge in [-0.05, 0) is 6.07 Å². The van der Waals surface area contributed by atoms with Crippen LogP contribution >= 0.6 is 11.6 Å². The van der Waals surface area contributed by atoms with Gasteiger partial charge in [0.25, 0.3) is 0 Å². The van der Waals surface area contributed by atoms with E-state index in [2.05, 4.69) is 65.6 Å². The maximum absolute atomic E-state index is 5.85. The van der Waals surface area contributed by atoms with Gasteiger partial charge in [-0.3, -0.25) is 0 Å². The molecular weight excluding hydrogens is 367 g/mol. The van der Waals surface area contributed by atoms with E-state index in [1.54, 1.807) is 18.3 Å². The van der Waals surface area contributed by atoms with Crippen molar-refractivity contribution >= 4 is 11.6 Å². The molecule has 0 radical (unpaired) electrons. The highest BCUT2D eigenvalue weighted by Crippen LogP contribution is 2.10. The Morgan fingerprint density at radius 3 is 1.88 bits per heavy atom. The van der Waals surface area contributed by atoms with Gasteiger partial charge in [-0.25, -0.2) is 4.98 Å². The van der Waals surface area contributed by atoms with Gasteiger partial charge in [-0.1, -0.05) is 72.3 Å². The van der Waals surface area contributed by atoms with Crippen LogP contribution in [0.2, 0.25) is 5.02 Å². The second kappa shape index (κ2) is 10.8. The number of pyridine rings is 1. The number of nitrogens with zero attached hydrogens (tertiary/aromatic N) is 1. The first-order chi connectivity index (χ1) is 12.3. The third-order valence-corrected chi connectivity index (χ3v) is 4.22. The lowest BCUT2D eigenvalue weighted by Gasteiger charge is -2.20. The molecule has 1 heterocycles. The second-order valence-electron chi connectivity index (χ2n) is 5.99. The lowest BCUT2D eigenvalue weighted by atomic mass is 10.1. The highest BCUT2D eigenvalue weighted by atomic mass is 35.5. The molecule has 0 atom stereocenters. The fraction of sp³-hybridized carbons (Fsp3) is 0.190. The largest absolute Gasteiger partial charge is 1.00 e. The lowest BCUT2D eigenvalue weighted by molar-refractivity contribution is -0.927. The van der Waals surface area contributed by atoms with Crippen LogP contribution in [-0.4, -0.2) is 18.1 Å². The van der Waals surface area contributed by atoms with Crippen LogP contribution in [0.5, 0.6) is 5.88 Å². The van der Waals surface area contributed by atoms with Crippen LogP contribution in [0.3, 0.4) is 0 Å². The van der Waals surface area contributed by atoms with E-state index in [4.69, 9.17) is 16.3 Å². The van der Waals surface area contributed by atoms with Crippen molar-refractivity contribution in [2.45, 2.75) is 13.1 Å². The van der Waals surface area contributed by atoms with Crippen LogP contribution in [0.4, 0.5) is 0 Å². The highest BCUT2D eigenvalue weighted by Gasteiger charge is 2.11. The van der Waals surface area contributed by atoms with Crippen molar-refractivity contribution in [1.82, 2.24) is 4.98 Å². The Hall–Kier alpha value is -2.07. The predicted molar refractivity (Wildman–Crippen MR) is 101 cm³/mol. The molecule has 0 fully saturated rings. The number of nitrogens with one attached hydrogen (secondary N) is 1. The number of rotatable bonds is 8. The summed E-state index contributed by atoms with van der Waals surface area (Å²) in [6, 6.07) is 24.7. The Morgan fingerprint density at radius 1 is 0.808 bits per heavy atom. The summed E-state index contributed by atoms with van der Waals surface area (Å²) in [5.74, 6) is 0.614. The molecule has 0 aliphatic heterocycles. The molecule has 3 rings (SSSR count).